The van der Waals surface area contributed by atoms with Crippen LogP contribution in [-0.4, -0.2) is 71.1 Å². The molecule has 2 aromatic carbocycles. The van der Waals surface area contributed by atoms with Crippen LogP contribution in [0, 0.1) is 6.92 Å². The summed E-state index contributed by atoms with van der Waals surface area (Å²) in [4.78, 5) is 38.3. The Kier molecular flexibility index (Phi) is 7.30. The molecule has 2 amide bonds. The maximum Gasteiger partial charge on any atom is 0.259 e. The number of nitrogens with one attached hydrogen (secondary N) is 2. The minimum absolute atomic E-state index is 0.0455. The number of nitrogens with zero attached hydrogens (tertiary/aromatic N) is 4. The van der Waals surface area contributed by atoms with Crippen molar-refractivity contribution in [2.75, 3.05) is 66.3 Å². The lowest BCUT2D eigenvalue weighted by Gasteiger charge is -2.35. The molecule has 202 valence electrons. The van der Waals surface area contributed by atoms with Crippen LogP contribution in [0.5, 0.6) is 0 Å². The maximum atomic E-state index is 13.0. The lowest BCUT2D eigenvalue weighted by atomic mass is 10.1. The monoisotopic (exact) mass is 530 g/mol. The van der Waals surface area contributed by atoms with Crippen LogP contribution in [0.1, 0.15) is 26.3 Å². The van der Waals surface area contributed by atoms with E-state index in [2.05, 4.69) is 30.4 Å². The fraction of sp³-hybridized carbons (Fsp3) is 0.259. The van der Waals surface area contributed by atoms with Crippen LogP contribution in [0.15, 0.2) is 53.1 Å². The molecule has 0 radical (unpaired) electrons. The van der Waals surface area contributed by atoms with Crippen molar-refractivity contribution < 1.29 is 19.1 Å². The predicted molar refractivity (Wildman–Crippen MR) is 150 cm³/mol. The van der Waals surface area contributed by atoms with Gasteiger partial charge in [0.15, 0.2) is 0 Å². The molecule has 0 bridgehead atoms. The van der Waals surface area contributed by atoms with Crippen molar-refractivity contribution >= 4 is 51.7 Å². The molecule has 4 aromatic rings. The number of β-amino-alcohol motifs (C(OH)–C–C–N with tert-alkyl or cyclic N) is 1. The highest BCUT2D eigenvalue weighted by atomic mass is 16.3. The van der Waals surface area contributed by atoms with Gasteiger partial charge in [-0.2, -0.15) is 9.97 Å². The zero-order valence-corrected chi connectivity index (χ0v) is 21.5. The number of piperazine rings is 1. The number of benzene rings is 2. The molecule has 0 unspecified atom stereocenters. The highest BCUT2D eigenvalue weighted by molar-refractivity contribution is 6.14. The van der Waals surface area contributed by atoms with Gasteiger partial charge < -0.3 is 36.5 Å². The van der Waals surface area contributed by atoms with Gasteiger partial charge in [-0.25, -0.2) is 0 Å². The SMILES string of the molecule is Cc1ccc(NC(=O)c2ccc(N3CCN(CCO)CC3)cc2)cc1NC(=O)c1coc2nc(N)nc(N)c12. The average molecular weight is 531 g/mol. The third-order valence-corrected chi connectivity index (χ3v) is 6.75. The largest absolute Gasteiger partial charge is 0.445 e. The zero-order valence-electron chi connectivity index (χ0n) is 21.5. The number of aromatic nitrogens is 2. The van der Waals surface area contributed by atoms with E-state index < -0.39 is 5.91 Å². The molecule has 2 aromatic heterocycles. The zero-order chi connectivity index (χ0) is 27.5. The molecule has 12 nitrogen and oxygen atoms in total. The molecule has 5 rings (SSSR count). The first-order valence-corrected chi connectivity index (χ1v) is 12.5. The van der Waals surface area contributed by atoms with Gasteiger partial charge in [0.25, 0.3) is 11.8 Å². The molecule has 0 spiro atoms. The highest BCUT2D eigenvalue weighted by Crippen LogP contribution is 2.27. The lowest BCUT2D eigenvalue weighted by molar-refractivity contribution is 0.101. The quantitative estimate of drug-likeness (QED) is 0.238. The van der Waals surface area contributed by atoms with Crippen molar-refractivity contribution in [3.63, 3.8) is 0 Å². The van der Waals surface area contributed by atoms with Crippen molar-refractivity contribution in [1.29, 1.82) is 0 Å². The van der Waals surface area contributed by atoms with Crippen molar-refractivity contribution in [3.8, 4) is 0 Å². The maximum absolute atomic E-state index is 13.0. The molecular weight excluding hydrogens is 500 g/mol. The molecule has 12 heteroatoms. The lowest BCUT2D eigenvalue weighted by Crippen LogP contribution is -2.47. The van der Waals surface area contributed by atoms with E-state index in [0.29, 0.717) is 23.5 Å². The Hall–Kier alpha value is -4.68. The Balaban J connectivity index is 1.25. The van der Waals surface area contributed by atoms with Crippen LogP contribution in [0.3, 0.4) is 0 Å². The molecule has 1 aliphatic heterocycles. The number of nitrogen functional groups attached to an aromatic ring is 2. The second-order valence-corrected chi connectivity index (χ2v) is 9.33. The first-order chi connectivity index (χ1) is 18.8. The number of hydrogen-bond donors (Lipinski definition) is 5. The number of rotatable bonds is 7. The van der Waals surface area contributed by atoms with Gasteiger partial charge >= 0.3 is 0 Å². The van der Waals surface area contributed by atoms with Crippen LogP contribution < -0.4 is 27.0 Å². The van der Waals surface area contributed by atoms with Crippen molar-refractivity contribution in [3.05, 3.63) is 65.4 Å². The second-order valence-electron chi connectivity index (χ2n) is 9.33. The van der Waals surface area contributed by atoms with Gasteiger partial charge in [-0.3, -0.25) is 14.5 Å². The number of aryl methyl sites for hydroxylation is 1. The smallest absolute Gasteiger partial charge is 0.259 e. The standard InChI is InChI=1S/C27H30N8O4/c1-16-2-5-18(14-21(16)31-25(38)20-15-39-26-22(20)23(28)32-27(29)33-26)30-24(37)17-3-6-19(7-4-17)35-10-8-34(9-11-35)12-13-36/h2-7,14-15,36H,8-13H2,1H3,(H,30,37)(H,31,38)(H4,28,29,32,33). The van der Waals surface area contributed by atoms with Gasteiger partial charge in [0, 0.05) is 55.3 Å². The molecule has 0 aliphatic carbocycles. The van der Waals surface area contributed by atoms with Crippen molar-refractivity contribution in [2.24, 2.45) is 0 Å². The van der Waals surface area contributed by atoms with Crippen LogP contribution in [0.25, 0.3) is 11.1 Å². The van der Waals surface area contributed by atoms with Crippen molar-refractivity contribution in [1.82, 2.24) is 14.9 Å². The van der Waals surface area contributed by atoms with E-state index in [1.54, 1.807) is 30.3 Å². The number of anilines is 5. The van der Waals surface area contributed by atoms with E-state index in [-0.39, 0.29) is 40.9 Å². The first kappa shape index (κ1) is 25.9. The summed E-state index contributed by atoms with van der Waals surface area (Å²) < 4.78 is 5.34. The highest BCUT2D eigenvalue weighted by Gasteiger charge is 2.20. The second kappa shape index (κ2) is 11.0. The average Bonchev–Trinajstić information content (AvgIpc) is 3.36. The summed E-state index contributed by atoms with van der Waals surface area (Å²) in [6.45, 7) is 6.22. The number of nitrogens with two attached hydrogens (primary N) is 2. The van der Waals surface area contributed by atoms with Crippen LogP contribution in [0.2, 0.25) is 0 Å². The topological polar surface area (TPSA) is 176 Å². The normalized spacial score (nSPS) is 13.9. The van der Waals surface area contributed by atoms with E-state index in [9.17, 15) is 9.59 Å². The van der Waals surface area contributed by atoms with E-state index in [1.165, 1.54) is 6.26 Å². The summed E-state index contributed by atoms with van der Waals surface area (Å²) >= 11 is 0. The molecule has 1 fully saturated rings. The van der Waals surface area contributed by atoms with Gasteiger partial charge in [0.05, 0.1) is 17.6 Å². The Bertz CT molecular complexity index is 1510. The first-order valence-electron chi connectivity index (χ1n) is 12.5. The third-order valence-electron chi connectivity index (χ3n) is 6.75. The third kappa shape index (κ3) is 5.61. The number of aliphatic hydroxyl groups is 1. The summed E-state index contributed by atoms with van der Waals surface area (Å²) in [6.07, 6.45) is 1.25. The summed E-state index contributed by atoms with van der Waals surface area (Å²) in [6, 6.07) is 12.7. The molecule has 7 N–H and O–H groups in total. The van der Waals surface area contributed by atoms with Gasteiger partial charge in [-0.05, 0) is 48.9 Å². The number of fused-ring (bicyclic) bond motifs is 1. The molecule has 0 atom stereocenters. The number of amides is 2. The molecular formula is C27H30N8O4. The predicted octanol–water partition coefficient (Wildman–Crippen LogP) is 2.31. The summed E-state index contributed by atoms with van der Waals surface area (Å²) in [5.41, 5.74) is 15.2. The summed E-state index contributed by atoms with van der Waals surface area (Å²) in [7, 11) is 0. The fourth-order valence-electron chi connectivity index (χ4n) is 4.58. The number of carbonyl (C=O) groups is 2. The summed E-state index contributed by atoms with van der Waals surface area (Å²) in [5.74, 6) is -0.733. The number of carbonyl (C=O) groups excluding carboxylic acids is 2. The van der Waals surface area contributed by atoms with E-state index in [1.807, 2.05) is 19.1 Å². The van der Waals surface area contributed by atoms with Crippen LogP contribution in [0.4, 0.5) is 28.8 Å². The van der Waals surface area contributed by atoms with E-state index in [0.717, 1.165) is 37.4 Å². The van der Waals surface area contributed by atoms with E-state index in [4.69, 9.17) is 21.0 Å². The number of furan rings is 1. The fourth-order valence-corrected chi connectivity index (χ4v) is 4.58. The number of hydrogen-bond acceptors (Lipinski definition) is 10. The van der Waals surface area contributed by atoms with Gasteiger partial charge in [0.2, 0.25) is 11.7 Å². The molecule has 1 saturated heterocycles. The Labute approximate surface area is 224 Å². The van der Waals surface area contributed by atoms with Gasteiger partial charge in [0.1, 0.15) is 12.1 Å². The Morgan fingerprint density at radius 2 is 1.74 bits per heavy atom. The molecule has 0 saturated carbocycles. The minimum atomic E-state index is -0.465. The molecule has 39 heavy (non-hydrogen) atoms. The van der Waals surface area contributed by atoms with Crippen LogP contribution in [-0.2, 0) is 0 Å². The number of aliphatic hydroxyl groups excluding tert-OH is 1. The Morgan fingerprint density at radius 1 is 1.00 bits per heavy atom. The summed E-state index contributed by atoms with van der Waals surface area (Å²) in [5, 5.41) is 15.1. The van der Waals surface area contributed by atoms with Crippen molar-refractivity contribution in [2.45, 2.75) is 6.92 Å². The minimum Gasteiger partial charge on any atom is -0.445 e. The molecule has 1 aliphatic rings. The van der Waals surface area contributed by atoms with Gasteiger partial charge in [-0.1, -0.05) is 6.07 Å². The van der Waals surface area contributed by atoms with Gasteiger partial charge in [-0.15, -0.1) is 0 Å². The molecule has 3 heterocycles. The van der Waals surface area contributed by atoms with E-state index >= 15 is 0 Å². The Morgan fingerprint density at radius 3 is 2.46 bits per heavy atom. The van der Waals surface area contributed by atoms with Crippen LogP contribution >= 0.6 is 0 Å².